The van der Waals surface area contributed by atoms with Crippen LogP contribution in [0.4, 0.5) is 17.1 Å². The molecule has 136 valence electrons. The molecule has 0 amide bonds. The normalized spacial score (nSPS) is 13.2. The molecule has 3 aromatic rings. The largest absolute Gasteiger partial charge is 1.00 e. The Labute approximate surface area is 162 Å². The third-order valence-electron chi connectivity index (χ3n) is 3.95. The van der Waals surface area contributed by atoms with Crippen molar-refractivity contribution in [3.63, 3.8) is 0 Å². The number of nitrogens with zero attached hydrogens (tertiary/aromatic N) is 5. The molecule has 0 saturated carbocycles. The summed E-state index contributed by atoms with van der Waals surface area (Å²) in [5.41, 5.74) is 2.27. The molecule has 0 saturated heterocycles. The number of hydrogen-bond acceptors (Lipinski definition) is 5. The number of para-hydroxylation sites is 3. The van der Waals surface area contributed by atoms with Crippen LogP contribution in [0.3, 0.4) is 0 Å². The quantitative estimate of drug-likeness (QED) is 0.374. The fraction of sp³-hybridized carbons (Fsp3) is 0. The summed E-state index contributed by atoms with van der Waals surface area (Å²) < 4.78 is 0. The van der Waals surface area contributed by atoms with E-state index in [-0.39, 0.29) is 12.4 Å². The summed E-state index contributed by atoms with van der Waals surface area (Å²) in [6.07, 6.45) is 1.45. The molecule has 4 rings (SSSR count). The van der Waals surface area contributed by atoms with Gasteiger partial charge in [-0.05, 0) is 41.5 Å². The van der Waals surface area contributed by atoms with Crippen LogP contribution >= 0.6 is 0 Å². The van der Waals surface area contributed by atoms with Crippen molar-refractivity contribution in [2.24, 2.45) is 0 Å². The van der Waals surface area contributed by atoms with Crippen molar-refractivity contribution in [1.82, 2.24) is 0 Å². The van der Waals surface area contributed by atoms with Crippen molar-refractivity contribution in [1.29, 1.82) is 0 Å². The lowest BCUT2D eigenvalue weighted by molar-refractivity contribution is -1.09. The van der Waals surface area contributed by atoms with Gasteiger partial charge in [-0.15, -0.1) is 0 Å². The molecule has 0 unspecified atom stereocenters. The molecular weight excluding hydrogens is 366 g/mol. The molecule has 8 heteroatoms. The molecule has 0 fully saturated rings. The molecule has 0 spiro atoms. The average molecular weight is 382 g/mol. The minimum Gasteiger partial charge on any atom is -1.00 e. The lowest BCUT2D eigenvalue weighted by Gasteiger charge is -2.22. The second kappa shape index (κ2) is 7.76. The SMILES string of the molecule is O=[N+]([O-])[N+]1=CN(c2ccccc2)N(c2ccccc2)N1c1ccccc1.[Cl-]. The van der Waals surface area contributed by atoms with Gasteiger partial charge >= 0.3 is 6.34 Å². The van der Waals surface area contributed by atoms with Gasteiger partial charge in [-0.3, -0.25) is 0 Å². The first-order valence-corrected chi connectivity index (χ1v) is 8.08. The van der Waals surface area contributed by atoms with E-state index in [1.165, 1.54) is 11.5 Å². The Morgan fingerprint density at radius 3 is 1.63 bits per heavy atom. The Morgan fingerprint density at radius 1 is 0.704 bits per heavy atom. The number of rotatable bonds is 4. The Kier molecular flexibility index (Phi) is 5.23. The lowest BCUT2D eigenvalue weighted by atomic mass is 10.3. The number of hydrazone groups is 2. The second-order valence-electron chi connectivity index (χ2n) is 5.60. The second-order valence-corrected chi connectivity index (χ2v) is 5.60. The van der Waals surface area contributed by atoms with Crippen molar-refractivity contribution in [2.45, 2.75) is 0 Å². The van der Waals surface area contributed by atoms with Gasteiger partial charge in [-0.25, -0.2) is 0 Å². The van der Waals surface area contributed by atoms with E-state index in [0.717, 1.165) is 16.2 Å². The van der Waals surface area contributed by atoms with Gasteiger partial charge in [0.05, 0.1) is 5.12 Å². The number of hydrogen-bond donors (Lipinski definition) is 0. The van der Waals surface area contributed by atoms with Gasteiger partial charge < -0.3 is 22.5 Å². The number of anilines is 3. The summed E-state index contributed by atoms with van der Waals surface area (Å²) in [4.78, 5) is 12.7. The van der Waals surface area contributed by atoms with E-state index in [1.54, 1.807) is 10.1 Å². The van der Waals surface area contributed by atoms with Gasteiger partial charge in [-0.1, -0.05) is 59.6 Å². The van der Waals surface area contributed by atoms with Gasteiger partial charge in [0, 0.05) is 0 Å². The average Bonchev–Trinajstić information content (AvgIpc) is 3.11. The zero-order valence-electron chi connectivity index (χ0n) is 14.2. The summed E-state index contributed by atoms with van der Waals surface area (Å²) in [6.45, 7) is 0. The third kappa shape index (κ3) is 3.40. The van der Waals surface area contributed by atoms with Crippen LogP contribution in [0.2, 0.25) is 0 Å². The minimum absolute atomic E-state index is 0. The Balaban J connectivity index is 0.00000210. The highest BCUT2D eigenvalue weighted by atomic mass is 35.5. The van der Waals surface area contributed by atoms with E-state index in [9.17, 15) is 10.1 Å². The van der Waals surface area contributed by atoms with Gasteiger partial charge in [0.25, 0.3) is 0 Å². The summed E-state index contributed by atoms with van der Waals surface area (Å²) >= 11 is 0. The van der Waals surface area contributed by atoms with E-state index in [0.29, 0.717) is 5.69 Å². The minimum atomic E-state index is -0.453. The van der Waals surface area contributed by atoms with Gasteiger partial charge in [0.2, 0.25) is 5.69 Å². The molecular formula is C19H16ClN5O2. The summed E-state index contributed by atoms with van der Waals surface area (Å²) in [7, 11) is 0. The first kappa shape index (κ1) is 18.2. The van der Waals surface area contributed by atoms with Crippen LogP contribution in [-0.2, 0) is 0 Å². The molecule has 27 heavy (non-hydrogen) atoms. The van der Waals surface area contributed by atoms with Crippen LogP contribution in [0, 0.1) is 10.1 Å². The van der Waals surface area contributed by atoms with Crippen molar-refractivity contribution in [2.75, 3.05) is 15.2 Å². The Morgan fingerprint density at radius 2 is 1.15 bits per heavy atom. The van der Waals surface area contributed by atoms with Crippen LogP contribution in [0.1, 0.15) is 0 Å². The zero-order valence-corrected chi connectivity index (χ0v) is 14.9. The maximum atomic E-state index is 11.7. The van der Waals surface area contributed by atoms with E-state index < -0.39 is 5.03 Å². The smallest absolute Gasteiger partial charge is 0.365 e. The predicted octanol–water partition coefficient (Wildman–Crippen LogP) is 0.501. The zero-order chi connectivity index (χ0) is 17.9. The van der Waals surface area contributed by atoms with E-state index in [2.05, 4.69) is 0 Å². The van der Waals surface area contributed by atoms with E-state index >= 15 is 0 Å². The summed E-state index contributed by atoms with van der Waals surface area (Å²) in [6, 6.07) is 28.3. The highest BCUT2D eigenvalue weighted by molar-refractivity contribution is 5.84. The molecule has 1 heterocycles. The number of halogens is 1. The van der Waals surface area contributed by atoms with E-state index in [4.69, 9.17) is 0 Å². The number of nitro groups is 1. The van der Waals surface area contributed by atoms with Crippen LogP contribution < -0.4 is 27.7 Å². The van der Waals surface area contributed by atoms with Crippen molar-refractivity contribution < 1.29 is 22.2 Å². The van der Waals surface area contributed by atoms with E-state index in [1.807, 2.05) is 91.0 Å². The Hall–Kier alpha value is -3.58. The molecule has 0 radical (unpaired) electrons. The maximum absolute atomic E-state index is 11.7. The molecule has 7 nitrogen and oxygen atoms in total. The van der Waals surface area contributed by atoms with Crippen molar-refractivity contribution in [3.05, 3.63) is 101 Å². The summed E-state index contributed by atoms with van der Waals surface area (Å²) in [5.74, 6) is 0. The predicted molar refractivity (Wildman–Crippen MR) is 100 cm³/mol. The first-order valence-electron chi connectivity index (χ1n) is 8.08. The van der Waals surface area contributed by atoms with Crippen LogP contribution in [0.15, 0.2) is 91.0 Å². The van der Waals surface area contributed by atoms with Crippen molar-refractivity contribution in [3.8, 4) is 0 Å². The molecule has 0 bridgehead atoms. The van der Waals surface area contributed by atoms with Crippen LogP contribution in [0.5, 0.6) is 0 Å². The highest BCUT2D eigenvalue weighted by Crippen LogP contribution is 2.30. The van der Waals surface area contributed by atoms with Crippen molar-refractivity contribution >= 4 is 23.4 Å². The molecule has 1 aliphatic heterocycles. The first-order chi connectivity index (χ1) is 12.8. The van der Waals surface area contributed by atoms with Crippen LogP contribution in [-0.4, -0.2) is 16.2 Å². The Bertz CT molecular complexity index is 938. The fourth-order valence-electron chi connectivity index (χ4n) is 2.83. The maximum Gasteiger partial charge on any atom is 0.365 e. The number of benzene rings is 3. The topological polar surface area (TPSA) is 55.9 Å². The molecule has 3 aromatic carbocycles. The number of hydrazine groups is 4. The van der Waals surface area contributed by atoms with Gasteiger partial charge in [-0.2, -0.15) is 0 Å². The molecule has 0 aliphatic carbocycles. The van der Waals surface area contributed by atoms with Gasteiger partial charge in [0.15, 0.2) is 10.5 Å². The lowest BCUT2D eigenvalue weighted by Crippen LogP contribution is -3.00. The fourth-order valence-corrected chi connectivity index (χ4v) is 2.83. The molecule has 0 N–H and O–H groups in total. The third-order valence-corrected chi connectivity index (χ3v) is 3.95. The molecule has 0 aromatic heterocycles. The van der Waals surface area contributed by atoms with Crippen LogP contribution in [0.25, 0.3) is 0 Å². The standard InChI is InChI=1S/C19H16N5O2.ClH/c25-24(26)21-16-20(17-10-4-1-5-11-17)22(18-12-6-2-7-13-18)23(21)19-14-8-3-9-15-19;/h1-16H;1H/q+1;/p-1. The van der Waals surface area contributed by atoms with Gasteiger partial charge in [0.1, 0.15) is 10.7 Å². The monoisotopic (exact) mass is 381 g/mol. The molecule has 1 aliphatic rings. The summed E-state index contributed by atoms with van der Waals surface area (Å²) in [5, 5.41) is 16.3. The highest BCUT2D eigenvalue weighted by Gasteiger charge is 2.49. The molecule has 0 atom stereocenters.